The molecule has 0 radical (unpaired) electrons. The summed E-state index contributed by atoms with van der Waals surface area (Å²) in [5, 5.41) is 28.3. The predicted octanol–water partition coefficient (Wildman–Crippen LogP) is -1.19. The van der Waals surface area contributed by atoms with E-state index >= 15 is 0 Å². The molecule has 4 atom stereocenters. The highest BCUT2D eigenvalue weighted by Gasteiger charge is 2.36. The summed E-state index contributed by atoms with van der Waals surface area (Å²) in [6.45, 7) is 15.4. The van der Waals surface area contributed by atoms with Crippen molar-refractivity contribution in [1.29, 1.82) is 0 Å². The molecular weight excluding hydrogens is 416 g/mol. The fraction of sp³-hybridized carbons (Fsp3) is 1.00. The van der Waals surface area contributed by atoms with Crippen LogP contribution in [0.1, 0.15) is 27.7 Å². The average Bonchev–Trinajstić information content (AvgIpc) is 2.95. The van der Waals surface area contributed by atoms with Crippen molar-refractivity contribution in [3.8, 4) is 0 Å². The first-order valence-corrected chi connectivity index (χ1v) is 12.0. The molecule has 0 aromatic carbocycles. The molecule has 3 aliphatic heterocycles. The highest BCUT2D eigenvalue weighted by Crippen LogP contribution is 2.21. The summed E-state index contributed by atoms with van der Waals surface area (Å²) in [4.78, 5) is 4.58. The quantitative estimate of drug-likeness (QED) is 0.402. The first kappa shape index (κ1) is 26.2. The number of hydrogen-bond donors (Lipinski definition) is 4. The second-order valence-corrected chi connectivity index (χ2v) is 9.89. The van der Waals surface area contributed by atoms with E-state index in [0.29, 0.717) is 13.2 Å². The Hall–Kier alpha value is -0.400. The zero-order valence-electron chi connectivity index (χ0n) is 20.2. The van der Waals surface area contributed by atoms with E-state index in [1.54, 1.807) is 0 Å². The molecule has 0 aromatic heterocycles. The topological polar surface area (TPSA) is 108 Å². The molecule has 0 bridgehead atoms. The van der Waals surface area contributed by atoms with Crippen molar-refractivity contribution in [1.82, 2.24) is 20.4 Å². The molecule has 0 unspecified atom stereocenters. The van der Waals surface area contributed by atoms with E-state index in [2.05, 4.69) is 20.4 Å². The van der Waals surface area contributed by atoms with Crippen LogP contribution in [0.5, 0.6) is 0 Å². The molecule has 3 heterocycles. The highest BCUT2D eigenvalue weighted by molar-refractivity contribution is 4.86. The maximum Gasteiger partial charge on any atom is 0.162 e. The molecule has 0 aromatic rings. The van der Waals surface area contributed by atoms with E-state index in [9.17, 15) is 10.2 Å². The zero-order chi connectivity index (χ0) is 23.2. The maximum absolute atomic E-state index is 10.6. The van der Waals surface area contributed by atoms with Crippen molar-refractivity contribution >= 4 is 0 Å². The van der Waals surface area contributed by atoms with Crippen LogP contribution in [0.25, 0.3) is 0 Å². The summed E-state index contributed by atoms with van der Waals surface area (Å²) in [7, 11) is 0. The second kappa shape index (κ2) is 11.8. The van der Waals surface area contributed by atoms with Crippen molar-refractivity contribution in [2.75, 3.05) is 78.8 Å². The van der Waals surface area contributed by atoms with Gasteiger partial charge < -0.3 is 39.8 Å². The Labute approximate surface area is 192 Å². The van der Waals surface area contributed by atoms with Gasteiger partial charge in [0, 0.05) is 52.4 Å². The molecule has 3 fully saturated rings. The summed E-state index contributed by atoms with van der Waals surface area (Å²) in [5.74, 6) is -1.34. The number of hydrogen-bond acceptors (Lipinski definition) is 10. The lowest BCUT2D eigenvalue weighted by Gasteiger charge is -2.35. The number of rotatable bonds is 2. The van der Waals surface area contributed by atoms with Crippen molar-refractivity contribution < 1.29 is 29.2 Å². The van der Waals surface area contributed by atoms with Crippen molar-refractivity contribution in [2.45, 2.75) is 63.6 Å². The van der Waals surface area contributed by atoms with Gasteiger partial charge in [0.25, 0.3) is 0 Å². The third-order valence-corrected chi connectivity index (χ3v) is 6.54. The highest BCUT2D eigenvalue weighted by atomic mass is 16.7. The predicted molar refractivity (Wildman–Crippen MR) is 120 cm³/mol. The Morgan fingerprint density at radius 3 is 1.25 bits per heavy atom. The van der Waals surface area contributed by atoms with Crippen LogP contribution < -0.4 is 10.6 Å². The lowest BCUT2D eigenvalue weighted by molar-refractivity contribution is -0.204. The van der Waals surface area contributed by atoms with Crippen LogP contribution >= 0.6 is 0 Å². The van der Waals surface area contributed by atoms with Gasteiger partial charge in [-0.15, -0.1) is 0 Å². The normalized spacial score (nSPS) is 36.9. The maximum atomic E-state index is 10.6. The number of nitrogens with one attached hydrogen (secondary N) is 2. The summed E-state index contributed by atoms with van der Waals surface area (Å²) < 4.78 is 23.2. The summed E-state index contributed by atoms with van der Waals surface area (Å²) >= 11 is 0. The third-order valence-electron chi connectivity index (χ3n) is 6.54. The number of ether oxygens (including phenoxy) is 4. The smallest absolute Gasteiger partial charge is 0.162 e. The molecule has 4 N–H and O–H groups in total. The van der Waals surface area contributed by atoms with E-state index in [1.165, 1.54) is 0 Å². The first-order chi connectivity index (χ1) is 15.2. The summed E-state index contributed by atoms with van der Waals surface area (Å²) in [6, 6.07) is -0.192. The van der Waals surface area contributed by atoms with Gasteiger partial charge in [0.15, 0.2) is 11.6 Å². The second-order valence-electron chi connectivity index (χ2n) is 9.89. The van der Waals surface area contributed by atoms with Gasteiger partial charge in [-0.1, -0.05) is 0 Å². The number of aliphatic hydroxyl groups excluding tert-OH is 2. The van der Waals surface area contributed by atoms with Crippen LogP contribution in [0.4, 0.5) is 0 Å². The van der Waals surface area contributed by atoms with Crippen molar-refractivity contribution in [3.63, 3.8) is 0 Å². The molecule has 3 rings (SSSR count). The lowest BCUT2D eigenvalue weighted by Crippen LogP contribution is -2.54. The van der Waals surface area contributed by atoms with Crippen molar-refractivity contribution in [3.05, 3.63) is 0 Å². The first-order valence-electron chi connectivity index (χ1n) is 12.0. The molecule has 10 nitrogen and oxygen atoms in total. The lowest BCUT2D eigenvalue weighted by atomic mass is 10.1. The summed E-state index contributed by atoms with van der Waals surface area (Å²) in [5.41, 5.74) is 0. The molecule has 3 aliphatic rings. The minimum Gasteiger partial charge on any atom is -0.389 e. The molecule has 188 valence electrons. The Balaban J connectivity index is 1.54. The average molecular weight is 461 g/mol. The van der Waals surface area contributed by atoms with Crippen LogP contribution in [-0.4, -0.2) is 135 Å². The van der Waals surface area contributed by atoms with E-state index in [1.807, 2.05) is 27.7 Å². The minimum atomic E-state index is -0.672. The molecule has 0 aliphatic carbocycles. The van der Waals surface area contributed by atoms with E-state index in [4.69, 9.17) is 18.9 Å². The Bertz CT molecular complexity index is 507. The Morgan fingerprint density at radius 2 is 0.906 bits per heavy atom. The third kappa shape index (κ3) is 7.83. The van der Waals surface area contributed by atoms with Gasteiger partial charge in [-0.2, -0.15) is 0 Å². The largest absolute Gasteiger partial charge is 0.389 e. The molecule has 0 saturated carbocycles. The number of aliphatic hydroxyl groups is 2. The van der Waals surface area contributed by atoms with Gasteiger partial charge in [0.2, 0.25) is 0 Å². The van der Waals surface area contributed by atoms with E-state index < -0.39 is 23.8 Å². The van der Waals surface area contributed by atoms with Gasteiger partial charge in [0.1, 0.15) is 0 Å². The summed E-state index contributed by atoms with van der Waals surface area (Å²) in [6.07, 6.45) is -1.16. The van der Waals surface area contributed by atoms with Crippen LogP contribution in [-0.2, 0) is 18.9 Å². The fourth-order valence-electron chi connectivity index (χ4n) is 4.40. The molecule has 10 heteroatoms. The molecule has 32 heavy (non-hydrogen) atoms. The van der Waals surface area contributed by atoms with E-state index in [-0.39, 0.29) is 25.3 Å². The van der Waals surface area contributed by atoms with Crippen LogP contribution in [0.2, 0.25) is 0 Å². The standard InChI is InChI=1S/C22H44N4O6/c1-21(2)29-13-17(19(27)15-31-21)25-9-5-23-7-11-26(12-8-24-6-10-25)18-14-30-22(3,4)32-16-20(18)28/h17-20,23-24,27-28H,5-16H2,1-4H3/t17-,18+,19-,20-/m1/s1. The molecular formula is C22H44N4O6. The van der Waals surface area contributed by atoms with Gasteiger partial charge in [-0.3, -0.25) is 9.80 Å². The molecule has 0 amide bonds. The van der Waals surface area contributed by atoms with Crippen molar-refractivity contribution in [2.24, 2.45) is 0 Å². The zero-order valence-corrected chi connectivity index (χ0v) is 20.2. The number of nitrogens with zero attached hydrogens (tertiary/aromatic N) is 2. The fourth-order valence-corrected chi connectivity index (χ4v) is 4.40. The SMILES string of the molecule is CC1(C)OC[C@@H](O)[C@H](N2CCNCCN([C@H]3COC(C)(C)OC[C@H]3O)CCNCC2)CO1. The van der Waals surface area contributed by atoms with Gasteiger partial charge in [0.05, 0.1) is 50.7 Å². The monoisotopic (exact) mass is 460 g/mol. The molecule has 3 saturated heterocycles. The van der Waals surface area contributed by atoms with Crippen LogP contribution in [0.3, 0.4) is 0 Å². The Kier molecular flexibility index (Phi) is 9.69. The van der Waals surface area contributed by atoms with E-state index in [0.717, 1.165) is 52.4 Å². The van der Waals surface area contributed by atoms with Crippen LogP contribution in [0, 0.1) is 0 Å². The van der Waals surface area contributed by atoms with Gasteiger partial charge in [-0.25, -0.2) is 0 Å². The van der Waals surface area contributed by atoms with Crippen LogP contribution in [0.15, 0.2) is 0 Å². The minimum absolute atomic E-state index is 0.0959. The van der Waals surface area contributed by atoms with Gasteiger partial charge >= 0.3 is 0 Å². The molecule has 0 spiro atoms. The Morgan fingerprint density at radius 1 is 0.594 bits per heavy atom. The van der Waals surface area contributed by atoms with Gasteiger partial charge in [-0.05, 0) is 27.7 Å².